The van der Waals surface area contributed by atoms with Crippen molar-refractivity contribution in [2.75, 3.05) is 11.1 Å². The standard InChI is InChI=1S/C24H17N3O4S/c28-21-14-32-24(30)27(21)13-15-4-3-5-17(12-15)22(29)25-18-10-8-16(9-11-18)23-26-19-6-1-2-7-20(19)31-23/h1-12H,13-14H2,(H,25,29). The van der Waals surface area contributed by atoms with E-state index in [1.165, 1.54) is 4.90 Å². The highest BCUT2D eigenvalue weighted by atomic mass is 32.2. The molecule has 8 heteroatoms. The Morgan fingerprint density at radius 1 is 1.03 bits per heavy atom. The number of oxazole rings is 1. The lowest BCUT2D eigenvalue weighted by molar-refractivity contribution is -0.125. The van der Waals surface area contributed by atoms with Gasteiger partial charge in [-0.05, 0) is 54.1 Å². The van der Waals surface area contributed by atoms with E-state index < -0.39 is 0 Å². The van der Waals surface area contributed by atoms with Gasteiger partial charge in [0.05, 0.1) is 12.3 Å². The first kappa shape index (κ1) is 20.0. The third-order valence-electron chi connectivity index (χ3n) is 5.05. The summed E-state index contributed by atoms with van der Waals surface area (Å²) >= 11 is 0.993. The van der Waals surface area contributed by atoms with E-state index in [4.69, 9.17) is 4.42 Å². The van der Waals surface area contributed by atoms with Gasteiger partial charge in [0.2, 0.25) is 11.8 Å². The predicted molar refractivity (Wildman–Crippen MR) is 122 cm³/mol. The molecule has 1 N–H and O–H groups in total. The molecule has 0 unspecified atom stereocenters. The first-order valence-electron chi connectivity index (χ1n) is 9.90. The normalized spacial score (nSPS) is 13.7. The van der Waals surface area contributed by atoms with Crippen molar-refractivity contribution in [2.24, 2.45) is 0 Å². The maximum absolute atomic E-state index is 12.7. The number of hydrogen-bond donors (Lipinski definition) is 1. The fourth-order valence-corrected chi connectivity index (χ4v) is 4.15. The van der Waals surface area contributed by atoms with Gasteiger partial charge in [0.1, 0.15) is 5.52 Å². The Balaban J connectivity index is 1.28. The van der Waals surface area contributed by atoms with Crippen LogP contribution in [0.5, 0.6) is 0 Å². The summed E-state index contributed by atoms with van der Waals surface area (Å²) in [5.74, 6) is 0.184. The Morgan fingerprint density at radius 2 is 1.84 bits per heavy atom. The number of anilines is 1. The number of amides is 3. The summed E-state index contributed by atoms with van der Waals surface area (Å²) in [6.45, 7) is 0.158. The van der Waals surface area contributed by atoms with Crippen LogP contribution in [-0.2, 0) is 11.3 Å². The molecule has 1 saturated heterocycles. The van der Waals surface area contributed by atoms with Crippen LogP contribution >= 0.6 is 11.8 Å². The molecular formula is C24H17N3O4S. The summed E-state index contributed by atoms with van der Waals surface area (Å²) in [7, 11) is 0. The van der Waals surface area contributed by atoms with Crippen molar-refractivity contribution in [3.05, 3.63) is 83.9 Å². The lowest BCUT2D eigenvalue weighted by Crippen LogP contribution is -2.28. The first-order chi connectivity index (χ1) is 15.6. The van der Waals surface area contributed by atoms with Crippen LogP contribution in [0.4, 0.5) is 10.5 Å². The monoisotopic (exact) mass is 443 g/mol. The molecule has 2 heterocycles. The van der Waals surface area contributed by atoms with Crippen LogP contribution in [0.15, 0.2) is 77.2 Å². The number of imide groups is 1. The van der Waals surface area contributed by atoms with Crippen molar-refractivity contribution < 1.29 is 18.8 Å². The van der Waals surface area contributed by atoms with Crippen molar-refractivity contribution in [2.45, 2.75) is 6.54 Å². The van der Waals surface area contributed by atoms with E-state index in [1.54, 1.807) is 36.4 Å². The van der Waals surface area contributed by atoms with Gasteiger partial charge in [0.25, 0.3) is 11.1 Å². The Labute approximate surface area is 187 Å². The molecule has 0 bridgehead atoms. The Kier molecular flexibility index (Phi) is 5.20. The average Bonchev–Trinajstić information content (AvgIpc) is 3.38. The molecule has 0 spiro atoms. The van der Waals surface area contributed by atoms with Crippen LogP contribution in [0.2, 0.25) is 0 Å². The molecule has 0 saturated carbocycles. The van der Waals surface area contributed by atoms with Crippen LogP contribution in [-0.4, -0.2) is 32.7 Å². The summed E-state index contributed by atoms with van der Waals surface area (Å²) in [5.41, 5.74) is 4.09. The van der Waals surface area contributed by atoms with Crippen molar-refractivity contribution in [1.29, 1.82) is 0 Å². The molecule has 1 aliphatic heterocycles. The number of carbonyl (C=O) groups is 3. The SMILES string of the molecule is O=C(Nc1ccc(-c2nc3ccccc3o2)cc1)c1cccc(CN2C(=O)CSC2=O)c1. The van der Waals surface area contributed by atoms with E-state index in [9.17, 15) is 14.4 Å². The van der Waals surface area contributed by atoms with E-state index in [-0.39, 0.29) is 29.4 Å². The van der Waals surface area contributed by atoms with Crippen LogP contribution in [0.25, 0.3) is 22.6 Å². The molecule has 0 atom stereocenters. The van der Waals surface area contributed by atoms with E-state index in [0.29, 0.717) is 22.7 Å². The molecule has 0 aliphatic carbocycles. The van der Waals surface area contributed by atoms with Gasteiger partial charge in [-0.15, -0.1) is 0 Å². The number of carbonyl (C=O) groups excluding carboxylic acids is 3. The minimum absolute atomic E-state index is 0.158. The van der Waals surface area contributed by atoms with Crippen molar-refractivity contribution in [3.8, 4) is 11.5 Å². The van der Waals surface area contributed by atoms with Gasteiger partial charge in [0, 0.05) is 16.8 Å². The number of thioether (sulfide) groups is 1. The van der Waals surface area contributed by atoms with Crippen molar-refractivity contribution in [1.82, 2.24) is 9.88 Å². The van der Waals surface area contributed by atoms with Crippen LogP contribution < -0.4 is 5.32 Å². The van der Waals surface area contributed by atoms with Gasteiger partial charge in [0.15, 0.2) is 5.58 Å². The molecule has 4 aromatic rings. The number of aromatic nitrogens is 1. The number of rotatable bonds is 5. The lowest BCUT2D eigenvalue weighted by atomic mass is 10.1. The molecule has 7 nitrogen and oxygen atoms in total. The van der Waals surface area contributed by atoms with Crippen LogP contribution in [0.1, 0.15) is 15.9 Å². The van der Waals surface area contributed by atoms with E-state index in [1.807, 2.05) is 36.4 Å². The fraction of sp³-hybridized carbons (Fsp3) is 0.0833. The van der Waals surface area contributed by atoms with Gasteiger partial charge in [-0.3, -0.25) is 19.3 Å². The smallest absolute Gasteiger partial charge is 0.289 e. The van der Waals surface area contributed by atoms with Gasteiger partial charge in [-0.25, -0.2) is 4.98 Å². The molecular weight excluding hydrogens is 426 g/mol. The Hall–Kier alpha value is -3.91. The van der Waals surface area contributed by atoms with Gasteiger partial charge in [-0.2, -0.15) is 0 Å². The zero-order valence-electron chi connectivity index (χ0n) is 16.8. The second-order valence-corrected chi connectivity index (χ2v) is 8.18. The van der Waals surface area contributed by atoms with Crippen LogP contribution in [0, 0.1) is 0 Å². The van der Waals surface area contributed by atoms with Gasteiger partial charge in [-0.1, -0.05) is 36.0 Å². The number of nitrogens with one attached hydrogen (secondary N) is 1. The molecule has 3 amide bonds. The lowest BCUT2D eigenvalue weighted by Gasteiger charge is -2.13. The number of para-hydroxylation sites is 2. The topological polar surface area (TPSA) is 92.5 Å². The number of fused-ring (bicyclic) bond motifs is 1. The average molecular weight is 443 g/mol. The Morgan fingerprint density at radius 3 is 2.59 bits per heavy atom. The van der Waals surface area contributed by atoms with E-state index >= 15 is 0 Å². The minimum atomic E-state index is -0.282. The molecule has 5 rings (SSSR count). The van der Waals surface area contributed by atoms with Gasteiger partial charge >= 0.3 is 0 Å². The predicted octanol–water partition coefficient (Wildman–Crippen LogP) is 4.94. The molecule has 1 aliphatic rings. The molecule has 32 heavy (non-hydrogen) atoms. The van der Waals surface area contributed by atoms with Crippen molar-refractivity contribution in [3.63, 3.8) is 0 Å². The maximum atomic E-state index is 12.7. The maximum Gasteiger partial charge on any atom is 0.289 e. The zero-order valence-corrected chi connectivity index (χ0v) is 17.6. The second kappa shape index (κ2) is 8.32. The number of nitrogens with zero attached hydrogens (tertiary/aromatic N) is 2. The highest BCUT2D eigenvalue weighted by Gasteiger charge is 2.29. The zero-order chi connectivity index (χ0) is 22.1. The Bertz CT molecular complexity index is 1300. The first-order valence-corrected chi connectivity index (χ1v) is 10.9. The molecule has 0 radical (unpaired) electrons. The quantitative estimate of drug-likeness (QED) is 0.470. The third-order valence-corrected chi connectivity index (χ3v) is 5.91. The minimum Gasteiger partial charge on any atom is -0.436 e. The van der Waals surface area contributed by atoms with Gasteiger partial charge < -0.3 is 9.73 Å². The molecule has 1 fully saturated rings. The van der Waals surface area contributed by atoms with E-state index in [0.717, 1.165) is 28.4 Å². The summed E-state index contributed by atoms with van der Waals surface area (Å²) in [6, 6.07) is 21.7. The van der Waals surface area contributed by atoms with Crippen molar-refractivity contribution >= 4 is 45.6 Å². The second-order valence-electron chi connectivity index (χ2n) is 7.25. The third kappa shape index (κ3) is 4.00. The highest BCUT2D eigenvalue weighted by molar-refractivity contribution is 8.14. The summed E-state index contributed by atoms with van der Waals surface area (Å²) in [6.07, 6.45) is 0. The summed E-state index contributed by atoms with van der Waals surface area (Å²) in [5, 5.41) is 2.60. The largest absolute Gasteiger partial charge is 0.436 e. The molecule has 3 aromatic carbocycles. The summed E-state index contributed by atoms with van der Waals surface area (Å²) in [4.78, 5) is 42.0. The van der Waals surface area contributed by atoms with E-state index in [2.05, 4.69) is 10.3 Å². The fourth-order valence-electron chi connectivity index (χ4n) is 3.42. The van der Waals surface area contributed by atoms with Crippen LogP contribution in [0.3, 0.4) is 0 Å². The molecule has 158 valence electrons. The summed E-state index contributed by atoms with van der Waals surface area (Å²) < 4.78 is 5.78. The number of benzene rings is 3. The highest BCUT2D eigenvalue weighted by Crippen LogP contribution is 2.26. The molecule has 1 aromatic heterocycles. The number of hydrogen-bond acceptors (Lipinski definition) is 6.